The van der Waals surface area contributed by atoms with E-state index in [-0.39, 0.29) is 24.8 Å². The number of benzene rings is 1. The van der Waals surface area contributed by atoms with Crippen LogP contribution in [-0.2, 0) is 16.1 Å². The Bertz CT molecular complexity index is 659. The van der Waals surface area contributed by atoms with Gasteiger partial charge in [-0.05, 0) is 35.9 Å². The molecule has 0 radical (unpaired) electrons. The Kier molecular flexibility index (Phi) is 6.29. The van der Waals surface area contributed by atoms with Crippen LogP contribution in [0.5, 0.6) is 0 Å². The van der Waals surface area contributed by atoms with E-state index in [1.54, 1.807) is 29.4 Å². The summed E-state index contributed by atoms with van der Waals surface area (Å²) >= 11 is 3.35. The Hall–Kier alpha value is -2.21. The van der Waals surface area contributed by atoms with Gasteiger partial charge in [-0.2, -0.15) is 0 Å². The van der Waals surface area contributed by atoms with Crippen LogP contribution >= 0.6 is 15.9 Å². The van der Waals surface area contributed by atoms with Crippen LogP contribution in [0, 0.1) is 0 Å². The van der Waals surface area contributed by atoms with Crippen LogP contribution in [-0.4, -0.2) is 35.4 Å². The minimum atomic E-state index is -0.343. The zero-order valence-electron chi connectivity index (χ0n) is 12.7. The first kappa shape index (κ1) is 17.1. The number of aromatic nitrogens is 1. The maximum absolute atomic E-state index is 12.7. The van der Waals surface area contributed by atoms with Crippen LogP contribution < -0.4 is 0 Å². The number of ether oxygens (including phenoxy) is 1. The Labute approximate surface area is 143 Å². The number of amides is 1. The minimum absolute atomic E-state index is 0.134. The molecular weight excluding hydrogens is 360 g/mol. The largest absolute Gasteiger partial charge is 0.469 e. The van der Waals surface area contributed by atoms with Crippen LogP contribution in [0.25, 0.3) is 0 Å². The van der Waals surface area contributed by atoms with Crippen LogP contribution in [0.4, 0.5) is 0 Å². The summed E-state index contributed by atoms with van der Waals surface area (Å²) in [4.78, 5) is 29.8. The van der Waals surface area contributed by atoms with E-state index in [1.807, 2.05) is 24.3 Å². The molecule has 1 amide bonds. The molecule has 5 nitrogen and oxygen atoms in total. The third kappa shape index (κ3) is 5.17. The van der Waals surface area contributed by atoms with Gasteiger partial charge in [-0.25, -0.2) is 0 Å². The number of carbonyl (C=O) groups excluding carboxylic acids is 2. The van der Waals surface area contributed by atoms with Crippen LogP contribution in [0.1, 0.15) is 22.3 Å². The number of rotatable bonds is 6. The lowest BCUT2D eigenvalue weighted by Gasteiger charge is -2.22. The number of halogens is 1. The van der Waals surface area contributed by atoms with Gasteiger partial charge in [0.15, 0.2) is 0 Å². The summed E-state index contributed by atoms with van der Waals surface area (Å²) in [6.07, 6.45) is 3.54. The van der Waals surface area contributed by atoms with E-state index in [0.29, 0.717) is 12.1 Å². The van der Waals surface area contributed by atoms with Crippen molar-refractivity contribution < 1.29 is 14.3 Å². The van der Waals surface area contributed by atoms with Crippen molar-refractivity contribution in [1.29, 1.82) is 0 Å². The number of methoxy groups -OCH3 is 1. The first-order chi connectivity index (χ1) is 11.1. The number of nitrogens with zero attached hydrogens (tertiary/aromatic N) is 2. The second-order valence-corrected chi connectivity index (χ2v) is 5.84. The average molecular weight is 377 g/mol. The molecule has 0 saturated carbocycles. The van der Waals surface area contributed by atoms with E-state index in [2.05, 4.69) is 25.7 Å². The monoisotopic (exact) mass is 376 g/mol. The fourth-order valence-corrected chi connectivity index (χ4v) is 2.33. The van der Waals surface area contributed by atoms with Gasteiger partial charge in [-0.3, -0.25) is 14.6 Å². The van der Waals surface area contributed by atoms with Crippen molar-refractivity contribution in [2.75, 3.05) is 13.7 Å². The summed E-state index contributed by atoms with van der Waals surface area (Å²) in [5, 5.41) is 0. The molecular formula is C17H17BrN2O3. The van der Waals surface area contributed by atoms with Crippen molar-refractivity contribution in [3.63, 3.8) is 0 Å². The van der Waals surface area contributed by atoms with Crippen LogP contribution in [0.15, 0.2) is 53.3 Å². The first-order valence-electron chi connectivity index (χ1n) is 7.10. The Morgan fingerprint density at radius 1 is 1.22 bits per heavy atom. The molecule has 1 heterocycles. The summed E-state index contributed by atoms with van der Waals surface area (Å²) in [5.74, 6) is -0.477. The molecule has 6 heteroatoms. The molecule has 0 atom stereocenters. The summed E-state index contributed by atoms with van der Waals surface area (Å²) < 4.78 is 5.56. The highest BCUT2D eigenvalue weighted by Gasteiger charge is 2.17. The summed E-state index contributed by atoms with van der Waals surface area (Å²) in [6, 6.07) is 10.8. The van der Waals surface area contributed by atoms with Gasteiger partial charge in [0.2, 0.25) is 0 Å². The van der Waals surface area contributed by atoms with E-state index in [9.17, 15) is 9.59 Å². The number of hydrogen-bond acceptors (Lipinski definition) is 4. The summed E-state index contributed by atoms with van der Waals surface area (Å²) in [6.45, 7) is 0.677. The molecule has 0 fully saturated rings. The summed E-state index contributed by atoms with van der Waals surface area (Å²) in [7, 11) is 1.34. The Morgan fingerprint density at radius 2 is 1.96 bits per heavy atom. The highest BCUT2D eigenvalue weighted by Crippen LogP contribution is 2.14. The molecule has 0 spiro atoms. The van der Waals surface area contributed by atoms with Crippen molar-refractivity contribution in [1.82, 2.24) is 9.88 Å². The third-order valence-corrected chi connectivity index (χ3v) is 3.82. The predicted octanol–water partition coefficient (Wildman–Crippen LogP) is 3.05. The van der Waals surface area contributed by atoms with E-state index in [4.69, 9.17) is 0 Å². The lowest BCUT2D eigenvalue weighted by atomic mass is 10.1. The Morgan fingerprint density at radius 3 is 2.57 bits per heavy atom. The fraction of sp³-hybridized carbons (Fsp3) is 0.235. The molecule has 2 rings (SSSR count). The van der Waals surface area contributed by atoms with Gasteiger partial charge < -0.3 is 9.64 Å². The van der Waals surface area contributed by atoms with Gasteiger partial charge in [0, 0.05) is 35.5 Å². The molecule has 0 saturated heterocycles. The highest BCUT2D eigenvalue weighted by molar-refractivity contribution is 9.10. The molecule has 0 aliphatic carbocycles. The normalized spacial score (nSPS) is 10.2. The van der Waals surface area contributed by atoms with Gasteiger partial charge >= 0.3 is 5.97 Å². The third-order valence-electron chi connectivity index (χ3n) is 3.29. The molecule has 120 valence electrons. The van der Waals surface area contributed by atoms with Gasteiger partial charge in [0.25, 0.3) is 5.91 Å². The van der Waals surface area contributed by atoms with Crippen molar-refractivity contribution in [2.45, 2.75) is 13.0 Å². The molecule has 23 heavy (non-hydrogen) atoms. The van der Waals surface area contributed by atoms with Gasteiger partial charge in [0.1, 0.15) is 0 Å². The molecule has 0 unspecified atom stereocenters. The van der Waals surface area contributed by atoms with Gasteiger partial charge in [0.05, 0.1) is 13.5 Å². The van der Waals surface area contributed by atoms with E-state index in [1.165, 1.54) is 7.11 Å². The standard InChI is InChI=1S/C17H17BrN2O3/c1-23-16(21)8-10-20(12-13-3-2-9-19-11-13)17(22)14-4-6-15(18)7-5-14/h2-7,9,11H,8,10,12H2,1H3. The van der Waals surface area contributed by atoms with Crippen molar-refractivity contribution >= 4 is 27.8 Å². The first-order valence-corrected chi connectivity index (χ1v) is 7.90. The van der Waals surface area contributed by atoms with E-state index >= 15 is 0 Å². The number of carbonyl (C=O) groups is 2. The van der Waals surface area contributed by atoms with Gasteiger partial charge in [-0.15, -0.1) is 0 Å². The SMILES string of the molecule is COC(=O)CCN(Cc1cccnc1)C(=O)c1ccc(Br)cc1. The lowest BCUT2D eigenvalue weighted by Crippen LogP contribution is -2.32. The molecule has 0 aliphatic heterocycles. The quantitative estimate of drug-likeness (QED) is 0.726. The van der Waals surface area contributed by atoms with Crippen LogP contribution in [0.2, 0.25) is 0 Å². The second-order valence-electron chi connectivity index (χ2n) is 4.92. The highest BCUT2D eigenvalue weighted by atomic mass is 79.9. The average Bonchev–Trinajstić information content (AvgIpc) is 2.59. The topological polar surface area (TPSA) is 59.5 Å². The molecule has 1 aromatic carbocycles. The molecule has 0 aliphatic rings. The van der Waals surface area contributed by atoms with E-state index in [0.717, 1.165) is 10.0 Å². The van der Waals surface area contributed by atoms with E-state index < -0.39 is 0 Å². The fourth-order valence-electron chi connectivity index (χ4n) is 2.07. The van der Waals surface area contributed by atoms with Crippen LogP contribution in [0.3, 0.4) is 0 Å². The maximum atomic E-state index is 12.7. The maximum Gasteiger partial charge on any atom is 0.307 e. The minimum Gasteiger partial charge on any atom is -0.469 e. The summed E-state index contributed by atoms with van der Waals surface area (Å²) in [5.41, 5.74) is 1.48. The Balaban J connectivity index is 2.15. The van der Waals surface area contributed by atoms with Crippen molar-refractivity contribution in [3.8, 4) is 0 Å². The predicted molar refractivity (Wildman–Crippen MR) is 89.8 cm³/mol. The molecule has 1 aromatic heterocycles. The second kappa shape index (κ2) is 8.43. The number of hydrogen-bond donors (Lipinski definition) is 0. The number of pyridine rings is 1. The molecule has 0 N–H and O–H groups in total. The zero-order valence-corrected chi connectivity index (χ0v) is 14.3. The zero-order chi connectivity index (χ0) is 16.7. The number of esters is 1. The lowest BCUT2D eigenvalue weighted by molar-refractivity contribution is -0.140. The smallest absolute Gasteiger partial charge is 0.307 e. The molecule has 0 bridgehead atoms. The van der Waals surface area contributed by atoms with Crippen molar-refractivity contribution in [2.24, 2.45) is 0 Å². The van der Waals surface area contributed by atoms with Crippen molar-refractivity contribution in [3.05, 3.63) is 64.4 Å². The molecule has 2 aromatic rings. The van der Waals surface area contributed by atoms with Gasteiger partial charge in [-0.1, -0.05) is 22.0 Å².